The number of para-hydroxylation sites is 1. The molecule has 3 aromatic carbocycles. The quantitative estimate of drug-likeness (QED) is 0.315. The van der Waals surface area contributed by atoms with Crippen molar-refractivity contribution in [3.8, 4) is 5.75 Å². The number of allylic oxidation sites excluding steroid dienone is 1. The molecule has 1 fully saturated rings. The Labute approximate surface area is 218 Å². The van der Waals surface area contributed by atoms with Crippen LogP contribution in [-0.2, 0) is 0 Å². The van der Waals surface area contributed by atoms with E-state index in [0.717, 1.165) is 24.2 Å². The van der Waals surface area contributed by atoms with Crippen LogP contribution in [0, 0.1) is 5.41 Å². The molecule has 0 aromatic heterocycles. The minimum Gasteiger partial charge on any atom is -0.497 e. The van der Waals surface area contributed by atoms with Crippen molar-refractivity contribution in [3.63, 3.8) is 0 Å². The van der Waals surface area contributed by atoms with E-state index in [4.69, 9.17) is 21.7 Å². The van der Waals surface area contributed by atoms with Crippen molar-refractivity contribution in [3.05, 3.63) is 101 Å². The molecule has 1 unspecified atom stereocenters. The number of methoxy groups -OCH3 is 1. The molecule has 1 saturated heterocycles. The van der Waals surface area contributed by atoms with Gasteiger partial charge >= 0.3 is 6.18 Å². The first kappa shape index (κ1) is 26.3. The maximum Gasteiger partial charge on any atom is 0.432 e. The van der Waals surface area contributed by atoms with Gasteiger partial charge in [-0.15, -0.1) is 0 Å². The maximum absolute atomic E-state index is 13.4. The van der Waals surface area contributed by atoms with Crippen LogP contribution in [0.4, 0.5) is 18.9 Å². The summed E-state index contributed by atoms with van der Waals surface area (Å²) < 4.78 is 44.6. The molecule has 37 heavy (non-hydrogen) atoms. The summed E-state index contributed by atoms with van der Waals surface area (Å²) in [5, 5.41) is 10.7. The number of anilines is 1. The fraction of sp³-hybridized carbons (Fsp3) is 0.214. The van der Waals surface area contributed by atoms with Gasteiger partial charge in [-0.3, -0.25) is 10.2 Å². The van der Waals surface area contributed by atoms with Crippen molar-refractivity contribution >= 4 is 34.6 Å². The van der Waals surface area contributed by atoms with E-state index in [9.17, 15) is 18.0 Å². The molecule has 2 N–H and O–H groups in total. The first-order valence-electron chi connectivity index (χ1n) is 11.6. The molecule has 5 nitrogen and oxygen atoms in total. The molecule has 0 aliphatic carbocycles. The standard InChI is InChI=1S/C28H25ClF3N3O2/c1-37-21-14-12-19(13-15-21)25-7-4-16-35(25)27(36)20-10-8-18(9-11-20)24(17-26(33)28(30,31)32)34-23-6-3-2-5-22(23)29/h2-3,5-6,8-15,17,25,33-34H,4,7,16H2,1H3/b24-17-,33-26?. The summed E-state index contributed by atoms with van der Waals surface area (Å²) in [5.74, 6) is 0.584. The lowest BCUT2D eigenvalue weighted by atomic mass is 10.0. The SMILES string of the molecule is COc1ccc(C2CCCN2C(=O)c2ccc(/C(=C/C(=N)C(F)(F)F)Nc3ccccc3Cl)cc2)cc1. The predicted molar refractivity (Wildman–Crippen MR) is 139 cm³/mol. The second-order valence-electron chi connectivity index (χ2n) is 8.58. The summed E-state index contributed by atoms with van der Waals surface area (Å²) in [6.07, 6.45) is -2.39. The number of alkyl halides is 3. The van der Waals surface area contributed by atoms with Crippen LogP contribution in [0.25, 0.3) is 5.70 Å². The number of benzene rings is 3. The van der Waals surface area contributed by atoms with E-state index >= 15 is 0 Å². The molecule has 0 radical (unpaired) electrons. The molecule has 4 rings (SSSR count). The number of hydrogen-bond donors (Lipinski definition) is 2. The van der Waals surface area contributed by atoms with E-state index in [1.807, 2.05) is 29.2 Å². The van der Waals surface area contributed by atoms with Gasteiger partial charge in [0.25, 0.3) is 5.91 Å². The third kappa shape index (κ3) is 6.14. The van der Waals surface area contributed by atoms with Gasteiger partial charge in [0.15, 0.2) is 0 Å². The van der Waals surface area contributed by atoms with Gasteiger partial charge in [0.05, 0.1) is 23.9 Å². The van der Waals surface area contributed by atoms with Crippen LogP contribution < -0.4 is 10.1 Å². The van der Waals surface area contributed by atoms with Crippen molar-refractivity contribution in [2.45, 2.75) is 25.1 Å². The second kappa shape index (κ2) is 11.1. The van der Waals surface area contributed by atoms with E-state index < -0.39 is 11.9 Å². The van der Waals surface area contributed by atoms with Crippen LogP contribution >= 0.6 is 11.6 Å². The Morgan fingerprint density at radius 3 is 2.32 bits per heavy atom. The van der Waals surface area contributed by atoms with Gasteiger partial charge in [-0.05, 0) is 66.4 Å². The molecule has 1 atom stereocenters. The highest BCUT2D eigenvalue weighted by Gasteiger charge is 2.33. The number of rotatable bonds is 7. The summed E-state index contributed by atoms with van der Waals surface area (Å²) in [5.41, 5.74) is 0.729. The fourth-order valence-corrected chi connectivity index (χ4v) is 4.45. The van der Waals surface area contributed by atoms with Crippen LogP contribution in [0.5, 0.6) is 5.75 Å². The third-order valence-electron chi connectivity index (χ3n) is 6.19. The van der Waals surface area contributed by atoms with Crippen molar-refractivity contribution in [1.29, 1.82) is 5.41 Å². The van der Waals surface area contributed by atoms with Gasteiger partial charge in [0.2, 0.25) is 0 Å². The zero-order chi connectivity index (χ0) is 26.6. The zero-order valence-electron chi connectivity index (χ0n) is 20.0. The van der Waals surface area contributed by atoms with Gasteiger partial charge < -0.3 is 15.0 Å². The number of carbonyl (C=O) groups is 1. The van der Waals surface area contributed by atoms with E-state index in [2.05, 4.69) is 5.32 Å². The average Bonchev–Trinajstić information content (AvgIpc) is 3.38. The van der Waals surface area contributed by atoms with E-state index in [-0.39, 0.29) is 17.6 Å². The molecule has 0 spiro atoms. The Hall–Kier alpha value is -3.78. The summed E-state index contributed by atoms with van der Waals surface area (Å²) in [6.45, 7) is 0.610. The molecular formula is C28H25ClF3N3O2. The van der Waals surface area contributed by atoms with Gasteiger partial charge in [-0.2, -0.15) is 13.2 Å². The van der Waals surface area contributed by atoms with Crippen molar-refractivity contribution in [1.82, 2.24) is 4.90 Å². The lowest BCUT2D eigenvalue weighted by Crippen LogP contribution is -2.30. The molecule has 0 bridgehead atoms. The molecule has 1 aliphatic rings. The Kier molecular flexibility index (Phi) is 7.88. The van der Waals surface area contributed by atoms with Gasteiger partial charge in [-0.1, -0.05) is 48.0 Å². The van der Waals surface area contributed by atoms with Crippen LogP contribution in [0.1, 0.15) is 40.4 Å². The summed E-state index contributed by atoms with van der Waals surface area (Å²) in [7, 11) is 1.60. The number of hydrogen-bond acceptors (Lipinski definition) is 4. The topological polar surface area (TPSA) is 65.4 Å². The lowest BCUT2D eigenvalue weighted by Gasteiger charge is -2.25. The lowest BCUT2D eigenvalue weighted by molar-refractivity contribution is -0.0583. The Balaban J connectivity index is 1.59. The number of ether oxygens (including phenoxy) is 1. The molecule has 192 valence electrons. The minimum atomic E-state index is -4.81. The number of carbonyl (C=O) groups excluding carboxylic acids is 1. The predicted octanol–water partition coefficient (Wildman–Crippen LogP) is 7.36. The van der Waals surface area contributed by atoms with Crippen LogP contribution in [0.2, 0.25) is 5.02 Å². The van der Waals surface area contributed by atoms with Crippen LogP contribution in [0.3, 0.4) is 0 Å². The monoisotopic (exact) mass is 527 g/mol. The van der Waals surface area contributed by atoms with Crippen molar-refractivity contribution in [2.75, 3.05) is 19.0 Å². The minimum absolute atomic E-state index is 0.0340. The first-order chi connectivity index (χ1) is 17.7. The maximum atomic E-state index is 13.4. The highest BCUT2D eigenvalue weighted by Crippen LogP contribution is 2.34. The van der Waals surface area contributed by atoms with Crippen LogP contribution in [-0.4, -0.2) is 36.3 Å². The number of amides is 1. The van der Waals surface area contributed by atoms with Crippen molar-refractivity contribution < 1.29 is 22.7 Å². The van der Waals surface area contributed by atoms with Gasteiger partial charge in [0, 0.05) is 17.8 Å². The first-order valence-corrected chi connectivity index (χ1v) is 12.0. The molecule has 9 heteroatoms. The highest BCUT2D eigenvalue weighted by molar-refractivity contribution is 6.33. The zero-order valence-corrected chi connectivity index (χ0v) is 20.7. The fourth-order valence-electron chi connectivity index (χ4n) is 4.27. The van der Waals surface area contributed by atoms with Gasteiger partial charge in [0.1, 0.15) is 11.5 Å². The van der Waals surface area contributed by atoms with Gasteiger partial charge in [-0.25, -0.2) is 0 Å². The van der Waals surface area contributed by atoms with Crippen molar-refractivity contribution in [2.24, 2.45) is 0 Å². The molecule has 1 amide bonds. The van der Waals surface area contributed by atoms with Crippen LogP contribution in [0.15, 0.2) is 78.9 Å². The second-order valence-corrected chi connectivity index (χ2v) is 8.99. The number of halogens is 4. The number of nitrogens with one attached hydrogen (secondary N) is 2. The molecule has 0 saturated carbocycles. The molecular weight excluding hydrogens is 503 g/mol. The summed E-state index contributed by atoms with van der Waals surface area (Å²) >= 11 is 6.18. The van der Waals surface area contributed by atoms with E-state index in [1.54, 1.807) is 55.6 Å². The number of likely N-dealkylation sites (tertiary alicyclic amines) is 1. The highest BCUT2D eigenvalue weighted by atomic mass is 35.5. The Morgan fingerprint density at radius 2 is 1.70 bits per heavy atom. The smallest absolute Gasteiger partial charge is 0.432 e. The average molecular weight is 528 g/mol. The summed E-state index contributed by atoms with van der Waals surface area (Å²) in [6, 6.07) is 20.5. The normalized spacial score (nSPS) is 16.0. The summed E-state index contributed by atoms with van der Waals surface area (Å²) in [4.78, 5) is 15.2. The molecule has 3 aromatic rings. The largest absolute Gasteiger partial charge is 0.497 e. The van der Waals surface area contributed by atoms with E-state index in [1.165, 1.54) is 0 Å². The Morgan fingerprint density at radius 1 is 1.05 bits per heavy atom. The number of nitrogens with zero attached hydrogens (tertiary/aromatic N) is 1. The van der Waals surface area contributed by atoms with E-state index in [0.29, 0.717) is 34.5 Å². The third-order valence-corrected chi connectivity index (χ3v) is 6.52. The molecule has 1 heterocycles. The Bertz CT molecular complexity index is 1310. The molecule has 1 aliphatic heterocycles.